The van der Waals surface area contributed by atoms with Crippen molar-refractivity contribution in [2.45, 2.75) is 51.4 Å². The van der Waals surface area contributed by atoms with E-state index in [0.29, 0.717) is 12.3 Å². The molecule has 6 nitrogen and oxygen atoms in total. The van der Waals surface area contributed by atoms with E-state index in [9.17, 15) is 4.79 Å². The number of rotatable bonds is 9. The third-order valence-electron chi connectivity index (χ3n) is 4.46. The Bertz CT molecular complexity index is 904. The van der Waals surface area contributed by atoms with Crippen molar-refractivity contribution < 1.29 is 9.21 Å². The number of amides is 1. The molecular weight excluding hydrogens is 372 g/mol. The molecule has 1 unspecified atom stereocenters. The second kappa shape index (κ2) is 9.59. The molecule has 0 aliphatic rings. The van der Waals surface area contributed by atoms with Crippen molar-refractivity contribution in [1.29, 1.82) is 0 Å². The summed E-state index contributed by atoms with van der Waals surface area (Å²) >= 11 is 1.41. The molecule has 1 aromatic carbocycles. The lowest BCUT2D eigenvalue weighted by Crippen LogP contribution is -2.33. The third-order valence-corrected chi connectivity index (χ3v) is 5.43. The average Bonchev–Trinajstić information content (AvgIpc) is 3.27. The summed E-state index contributed by atoms with van der Waals surface area (Å²) in [5, 5.41) is 12.5. The van der Waals surface area contributed by atoms with Crippen LogP contribution in [0, 0.1) is 6.92 Å². The van der Waals surface area contributed by atoms with Gasteiger partial charge in [0.15, 0.2) is 11.0 Å². The van der Waals surface area contributed by atoms with Crippen LogP contribution in [0.5, 0.6) is 0 Å². The van der Waals surface area contributed by atoms with Gasteiger partial charge in [-0.3, -0.25) is 9.36 Å². The van der Waals surface area contributed by atoms with E-state index in [1.807, 2.05) is 42.7 Å². The van der Waals surface area contributed by atoms with Crippen molar-refractivity contribution >= 4 is 17.7 Å². The first-order chi connectivity index (χ1) is 13.6. The zero-order valence-electron chi connectivity index (χ0n) is 16.5. The van der Waals surface area contributed by atoms with Crippen LogP contribution in [-0.4, -0.2) is 32.5 Å². The standard InChI is InChI=1S/C21H26N4O2S/c1-4-8-15(2)22-19(26)14-28-21-24-23-20(18-11-12-27-16(18)3)25(21)13-17-9-6-5-7-10-17/h5-7,9-12,15H,4,8,13-14H2,1-3H3,(H,22,26). The molecule has 1 amide bonds. The molecule has 7 heteroatoms. The molecule has 0 fully saturated rings. The quantitative estimate of drug-likeness (QED) is 0.544. The van der Waals surface area contributed by atoms with E-state index in [4.69, 9.17) is 4.42 Å². The number of nitrogens with one attached hydrogen (secondary N) is 1. The number of nitrogens with zero attached hydrogens (tertiary/aromatic N) is 3. The molecule has 0 radical (unpaired) electrons. The molecule has 148 valence electrons. The molecule has 3 aromatic rings. The molecule has 0 aliphatic heterocycles. The summed E-state index contributed by atoms with van der Waals surface area (Å²) in [5.41, 5.74) is 2.06. The van der Waals surface area contributed by atoms with Crippen LogP contribution in [0.1, 0.15) is 38.0 Å². The van der Waals surface area contributed by atoms with Crippen LogP contribution in [0.3, 0.4) is 0 Å². The maximum absolute atomic E-state index is 12.3. The monoisotopic (exact) mass is 398 g/mol. The lowest BCUT2D eigenvalue weighted by molar-refractivity contribution is -0.119. The molecule has 0 bridgehead atoms. The van der Waals surface area contributed by atoms with E-state index in [1.165, 1.54) is 11.8 Å². The second-order valence-electron chi connectivity index (χ2n) is 6.81. The fourth-order valence-electron chi connectivity index (χ4n) is 3.07. The maximum Gasteiger partial charge on any atom is 0.230 e. The third kappa shape index (κ3) is 5.04. The van der Waals surface area contributed by atoms with Gasteiger partial charge in [-0.1, -0.05) is 55.4 Å². The number of hydrogen-bond acceptors (Lipinski definition) is 5. The van der Waals surface area contributed by atoms with Gasteiger partial charge in [0.05, 0.1) is 24.1 Å². The number of benzene rings is 1. The van der Waals surface area contributed by atoms with Crippen LogP contribution in [0.15, 0.2) is 52.2 Å². The molecule has 1 N–H and O–H groups in total. The Hall–Kier alpha value is -2.54. The topological polar surface area (TPSA) is 73.0 Å². The summed E-state index contributed by atoms with van der Waals surface area (Å²) in [6, 6.07) is 12.2. The molecular formula is C21H26N4O2S. The second-order valence-corrected chi connectivity index (χ2v) is 7.76. The SMILES string of the molecule is CCCC(C)NC(=O)CSc1nnc(-c2ccoc2C)n1Cc1ccccc1. The molecule has 3 rings (SSSR count). The minimum atomic E-state index is 0.0150. The predicted octanol–water partition coefficient (Wildman–Crippen LogP) is 4.29. The van der Waals surface area contributed by atoms with E-state index in [2.05, 4.69) is 34.6 Å². The summed E-state index contributed by atoms with van der Waals surface area (Å²) < 4.78 is 7.49. The Balaban J connectivity index is 1.80. The molecule has 2 heterocycles. The number of aryl methyl sites for hydroxylation is 1. The number of hydrogen-bond donors (Lipinski definition) is 1. The molecule has 1 atom stereocenters. The van der Waals surface area contributed by atoms with Crippen LogP contribution < -0.4 is 5.32 Å². The van der Waals surface area contributed by atoms with Crippen molar-refractivity contribution in [1.82, 2.24) is 20.1 Å². The zero-order chi connectivity index (χ0) is 19.9. The molecule has 0 aliphatic carbocycles. The van der Waals surface area contributed by atoms with Crippen LogP contribution in [-0.2, 0) is 11.3 Å². The van der Waals surface area contributed by atoms with Crippen molar-refractivity contribution in [3.8, 4) is 11.4 Å². The summed E-state index contributed by atoms with van der Waals surface area (Å²) in [6.07, 6.45) is 3.68. The van der Waals surface area contributed by atoms with E-state index >= 15 is 0 Å². The van der Waals surface area contributed by atoms with E-state index < -0.39 is 0 Å². The van der Waals surface area contributed by atoms with Crippen molar-refractivity contribution in [3.05, 3.63) is 54.0 Å². The first-order valence-electron chi connectivity index (χ1n) is 9.52. The Kier molecular flexibility index (Phi) is 6.92. The predicted molar refractivity (Wildman–Crippen MR) is 111 cm³/mol. The highest BCUT2D eigenvalue weighted by molar-refractivity contribution is 7.99. The fourth-order valence-corrected chi connectivity index (χ4v) is 3.82. The molecule has 0 spiro atoms. The molecule has 0 saturated carbocycles. The first-order valence-corrected chi connectivity index (χ1v) is 10.5. The Morgan fingerprint density at radius 2 is 2.04 bits per heavy atom. The highest BCUT2D eigenvalue weighted by Gasteiger charge is 2.19. The zero-order valence-corrected chi connectivity index (χ0v) is 17.3. The van der Waals surface area contributed by atoms with Gasteiger partial charge in [0.2, 0.25) is 5.91 Å². The number of aromatic nitrogens is 3. The largest absolute Gasteiger partial charge is 0.469 e. The minimum Gasteiger partial charge on any atom is -0.469 e. The van der Waals surface area contributed by atoms with Gasteiger partial charge in [-0.25, -0.2) is 0 Å². The van der Waals surface area contributed by atoms with Crippen LogP contribution in [0.25, 0.3) is 11.4 Å². The summed E-state index contributed by atoms with van der Waals surface area (Å²) in [4.78, 5) is 12.3. The van der Waals surface area contributed by atoms with Gasteiger partial charge in [0.1, 0.15) is 5.76 Å². The lowest BCUT2D eigenvalue weighted by atomic mass is 10.2. The highest BCUT2D eigenvalue weighted by Crippen LogP contribution is 2.27. The minimum absolute atomic E-state index is 0.0150. The van der Waals surface area contributed by atoms with E-state index in [0.717, 1.165) is 40.7 Å². The van der Waals surface area contributed by atoms with E-state index in [-0.39, 0.29) is 11.9 Å². The Morgan fingerprint density at radius 1 is 1.25 bits per heavy atom. The Morgan fingerprint density at radius 3 is 2.71 bits per heavy atom. The number of carbonyl (C=O) groups excluding carboxylic acids is 1. The average molecular weight is 399 g/mol. The molecule has 2 aromatic heterocycles. The van der Waals surface area contributed by atoms with Crippen LogP contribution >= 0.6 is 11.8 Å². The number of furan rings is 1. The van der Waals surface area contributed by atoms with Crippen molar-refractivity contribution in [3.63, 3.8) is 0 Å². The highest BCUT2D eigenvalue weighted by atomic mass is 32.2. The fraction of sp³-hybridized carbons (Fsp3) is 0.381. The van der Waals surface area contributed by atoms with Crippen molar-refractivity contribution in [2.75, 3.05) is 5.75 Å². The number of carbonyl (C=O) groups is 1. The van der Waals surface area contributed by atoms with Crippen molar-refractivity contribution in [2.24, 2.45) is 0 Å². The first kappa shape index (κ1) is 20.2. The maximum atomic E-state index is 12.3. The van der Waals surface area contributed by atoms with Gasteiger partial charge in [-0.2, -0.15) is 0 Å². The van der Waals surface area contributed by atoms with E-state index in [1.54, 1.807) is 6.26 Å². The molecule has 28 heavy (non-hydrogen) atoms. The van der Waals surface area contributed by atoms with Gasteiger partial charge in [0.25, 0.3) is 0 Å². The lowest BCUT2D eigenvalue weighted by Gasteiger charge is -2.13. The Labute approximate surface area is 169 Å². The van der Waals surface area contributed by atoms with Gasteiger partial charge in [-0.15, -0.1) is 10.2 Å². The normalized spacial score (nSPS) is 12.1. The van der Waals surface area contributed by atoms with Gasteiger partial charge in [0, 0.05) is 6.04 Å². The van der Waals surface area contributed by atoms with Crippen LogP contribution in [0.4, 0.5) is 0 Å². The summed E-state index contributed by atoms with van der Waals surface area (Å²) in [5.74, 6) is 1.87. The smallest absolute Gasteiger partial charge is 0.230 e. The number of thioether (sulfide) groups is 1. The van der Waals surface area contributed by atoms with Gasteiger partial charge < -0.3 is 9.73 Å². The molecule has 0 saturated heterocycles. The summed E-state index contributed by atoms with van der Waals surface area (Å²) in [6.45, 7) is 6.68. The van der Waals surface area contributed by atoms with Crippen LogP contribution in [0.2, 0.25) is 0 Å². The van der Waals surface area contributed by atoms with Gasteiger partial charge >= 0.3 is 0 Å². The summed E-state index contributed by atoms with van der Waals surface area (Å²) in [7, 11) is 0. The van der Waals surface area contributed by atoms with Gasteiger partial charge in [-0.05, 0) is 31.9 Å².